The molecule has 1 saturated heterocycles. The quantitative estimate of drug-likeness (QED) is 0.614. The summed E-state index contributed by atoms with van der Waals surface area (Å²) in [5.74, 6) is 2.07. The summed E-state index contributed by atoms with van der Waals surface area (Å²) >= 11 is 1.74. The Morgan fingerprint density at radius 2 is 1.90 bits per heavy atom. The third-order valence-electron chi connectivity index (χ3n) is 7.03. The number of ether oxygens (including phenoxy) is 1. The van der Waals surface area contributed by atoms with Crippen LogP contribution >= 0.6 is 11.8 Å². The Bertz CT molecular complexity index is 1050. The van der Waals surface area contributed by atoms with Crippen LogP contribution in [0.2, 0.25) is 0 Å². The van der Waals surface area contributed by atoms with Crippen LogP contribution < -0.4 is 9.64 Å². The Morgan fingerprint density at radius 3 is 2.76 bits per heavy atom. The number of benzene rings is 1. The Morgan fingerprint density at radius 1 is 1.03 bits per heavy atom. The van der Waals surface area contributed by atoms with Crippen LogP contribution in [0.15, 0.2) is 46.6 Å². The van der Waals surface area contributed by atoms with Crippen molar-refractivity contribution in [2.45, 2.75) is 54.7 Å². The number of aromatic nitrogens is 3. The predicted octanol–water partition coefficient (Wildman–Crippen LogP) is 4.98. The number of hydrogen-bond acceptors (Lipinski definition) is 5. The average Bonchev–Trinajstić information content (AvgIpc) is 3.50. The summed E-state index contributed by atoms with van der Waals surface area (Å²) in [6.45, 7) is 3.01. The van der Waals surface area contributed by atoms with Crippen molar-refractivity contribution in [3.05, 3.63) is 42.4 Å². The zero-order chi connectivity index (χ0) is 19.3. The zero-order valence-electron chi connectivity index (χ0n) is 16.6. The van der Waals surface area contributed by atoms with Gasteiger partial charge in [-0.05, 0) is 54.9 Å². The second-order valence-corrected chi connectivity index (χ2v) is 9.82. The molecule has 1 spiro atoms. The molecule has 1 saturated carbocycles. The molecule has 3 aromatic rings. The molecule has 0 atom stereocenters. The van der Waals surface area contributed by atoms with Crippen LogP contribution in [-0.4, -0.2) is 34.1 Å². The molecule has 5 nitrogen and oxygen atoms in total. The summed E-state index contributed by atoms with van der Waals surface area (Å²) in [5.41, 5.74) is 2.92. The molecule has 4 heterocycles. The molecular weight excluding hydrogens is 380 g/mol. The Labute approximate surface area is 175 Å². The van der Waals surface area contributed by atoms with Crippen LogP contribution in [0.3, 0.4) is 0 Å². The third kappa shape index (κ3) is 3.08. The van der Waals surface area contributed by atoms with Crippen LogP contribution in [0.25, 0.3) is 5.65 Å². The van der Waals surface area contributed by atoms with Gasteiger partial charge >= 0.3 is 0 Å². The number of piperidine rings is 1. The van der Waals surface area contributed by atoms with Gasteiger partial charge in [-0.1, -0.05) is 24.6 Å². The Kier molecular flexibility index (Phi) is 4.22. The van der Waals surface area contributed by atoms with Gasteiger partial charge in [-0.25, -0.2) is 9.97 Å². The van der Waals surface area contributed by atoms with Crippen molar-refractivity contribution in [2.75, 3.05) is 24.6 Å². The number of hydrogen-bond donors (Lipinski definition) is 0. The zero-order valence-corrected chi connectivity index (χ0v) is 17.5. The van der Waals surface area contributed by atoms with E-state index in [4.69, 9.17) is 9.72 Å². The molecular formula is C23H26N4OS. The third-order valence-corrected chi connectivity index (χ3v) is 8.03. The van der Waals surface area contributed by atoms with E-state index in [-0.39, 0.29) is 0 Å². The maximum Gasteiger partial charge on any atom is 0.211 e. The highest BCUT2D eigenvalue weighted by atomic mass is 32.2. The average molecular weight is 407 g/mol. The highest BCUT2D eigenvalue weighted by molar-refractivity contribution is 7.99. The minimum atomic E-state index is 0.623. The fraction of sp³-hybridized carbons (Fsp3) is 0.478. The van der Waals surface area contributed by atoms with E-state index < -0.39 is 0 Å². The molecule has 2 aliphatic heterocycles. The number of fused-ring (bicyclic) bond motifs is 2. The molecule has 6 rings (SSSR count). The van der Waals surface area contributed by atoms with E-state index in [2.05, 4.69) is 38.7 Å². The second-order valence-electron chi connectivity index (χ2n) is 8.71. The topological polar surface area (TPSA) is 42.7 Å². The van der Waals surface area contributed by atoms with Gasteiger partial charge in [-0.3, -0.25) is 4.40 Å². The molecule has 0 amide bonds. The standard InChI is InChI=1S/C23H26N4OS/c1-2-7-23(6-1)8-11-26(12-9-23)22-25-16-20(21-24-10-13-27(21)22)29-18-3-4-19-17(15-18)5-14-28-19/h3-4,10,13,15-16H,1-2,5-9,11-12,14H2. The van der Waals surface area contributed by atoms with Gasteiger partial charge in [-0.15, -0.1) is 0 Å². The van der Waals surface area contributed by atoms with Gasteiger partial charge in [-0.2, -0.15) is 0 Å². The van der Waals surface area contributed by atoms with Crippen molar-refractivity contribution in [3.8, 4) is 5.75 Å². The molecule has 29 heavy (non-hydrogen) atoms. The lowest BCUT2D eigenvalue weighted by Gasteiger charge is -2.39. The van der Waals surface area contributed by atoms with Gasteiger partial charge < -0.3 is 9.64 Å². The van der Waals surface area contributed by atoms with Gasteiger partial charge in [0.15, 0.2) is 5.65 Å². The highest BCUT2D eigenvalue weighted by Crippen LogP contribution is 2.46. The maximum absolute atomic E-state index is 5.64. The number of imidazole rings is 1. The second kappa shape index (κ2) is 6.94. The minimum absolute atomic E-state index is 0.623. The van der Waals surface area contributed by atoms with E-state index in [0.29, 0.717) is 5.41 Å². The smallest absolute Gasteiger partial charge is 0.211 e. The monoisotopic (exact) mass is 406 g/mol. The molecule has 3 aliphatic rings. The molecule has 1 aliphatic carbocycles. The van der Waals surface area contributed by atoms with Gasteiger partial charge in [0.25, 0.3) is 0 Å². The van der Waals surface area contributed by atoms with E-state index in [1.54, 1.807) is 11.8 Å². The number of nitrogens with zero attached hydrogens (tertiary/aromatic N) is 4. The summed E-state index contributed by atoms with van der Waals surface area (Å²) < 4.78 is 7.81. The van der Waals surface area contributed by atoms with Crippen LogP contribution in [-0.2, 0) is 6.42 Å². The summed E-state index contributed by atoms with van der Waals surface area (Å²) in [7, 11) is 0. The fourth-order valence-electron chi connectivity index (χ4n) is 5.35. The van der Waals surface area contributed by atoms with Crippen LogP contribution in [0.4, 0.5) is 5.95 Å². The Balaban J connectivity index is 1.26. The molecule has 2 aromatic heterocycles. The van der Waals surface area contributed by atoms with Gasteiger partial charge in [0.1, 0.15) is 5.75 Å². The SMILES string of the molecule is c1cn2c(N3CCC4(CCCC4)CC3)ncc(Sc3ccc4c(c3)CCO4)c2n1. The fourth-order valence-corrected chi connectivity index (χ4v) is 6.29. The maximum atomic E-state index is 5.64. The van der Waals surface area contributed by atoms with Crippen LogP contribution in [0, 0.1) is 5.41 Å². The number of anilines is 1. The minimum Gasteiger partial charge on any atom is -0.493 e. The number of rotatable bonds is 3. The van der Waals surface area contributed by atoms with Crippen molar-refractivity contribution < 1.29 is 4.74 Å². The van der Waals surface area contributed by atoms with Gasteiger partial charge in [0, 0.05) is 43.0 Å². The normalized spacial score (nSPS) is 20.3. The van der Waals surface area contributed by atoms with Crippen molar-refractivity contribution in [2.24, 2.45) is 5.41 Å². The van der Waals surface area contributed by atoms with E-state index in [9.17, 15) is 0 Å². The van der Waals surface area contributed by atoms with E-state index in [1.165, 1.54) is 49.0 Å². The first kappa shape index (κ1) is 17.6. The van der Waals surface area contributed by atoms with Crippen molar-refractivity contribution in [1.82, 2.24) is 14.4 Å². The molecule has 6 heteroatoms. The summed E-state index contributed by atoms with van der Waals surface area (Å²) in [4.78, 5) is 14.3. The van der Waals surface area contributed by atoms with E-state index in [0.717, 1.165) is 48.4 Å². The predicted molar refractivity (Wildman–Crippen MR) is 115 cm³/mol. The lowest BCUT2D eigenvalue weighted by molar-refractivity contribution is 0.225. The molecule has 0 bridgehead atoms. The van der Waals surface area contributed by atoms with Crippen LogP contribution in [0.1, 0.15) is 44.1 Å². The van der Waals surface area contributed by atoms with Crippen molar-refractivity contribution in [3.63, 3.8) is 0 Å². The van der Waals surface area contributed by atoms with E-state index >= 15 is 0 Å². The summed E-state index contributed by atoms with van der Waals surface area (Å²) in [6, 6.07) is 6.46. The first-order valence-corrected chi connectivity index (χ1v) is 11.6. The lowest BCUT2D eigenvalue weighted by Crippen LogP contribution is -2.40. The first-order valence-electron chi connectivity index (χ1n) is 10.8. The molecule has 0 unspecified atom stereocenters. The molecule has 150 valence electrons. The summed E-state index contributed by atoms with van der Waals surface area (Å²) in [5, 5.41) is 0. The molecule has 0 N–H and O–H groups in total. The molecule has 1 aromatic carbocycles. The first-order chi connectivity index (χ1) is 14.3. The van der Waals surface area contributed by atoms with E-state index in [1.807, 2.05) is 12.4 Å². The molecule has 2 fully saturated rings. The van der Waals surface area contributed by atoms with Gasteiger partial charge in [0.2, 0.25) is 5.95 Å². The highest BCUT2D eigenvalue weighted by Gasteiger charge is 2.37. The van der Waals surface area contributed by atoms with Crippen molar-refractivity contribution >= 4 is 23.4 Å². The van der Waals surface area contributed by atoms with Gasteiger partial charge in [0.05, 0.1) is 11.5 Å². The lowest BCUT2D eigenvalue weighted by atomic mass is 9.77. The summed E-state index contributed by atoms with van der Waals surface area (Å²) in [6.07, 6.45) is 15.3. The van der Waals surface area contributed by atoms with Crippen molar-refractivity contribution in [1.29, 1.82) is 0 Å². The van der Waals surface area contributed by atoms with Crippen LogP contribution in [0.5, 0.6) is 5.75 Å². The Hall–Kier alpha value is -2.21. The molecule has 0 radical (unpaired) electrons. The largest absolute Gasteiger partial charge is 0.493 e.